The minimum absolute atomic E-state index is 0.650. The van der Waals surface area contributed by atoms with Gasteiger partial charge in [-0.25, -0.2) is 0 Å². The molecule has 0 amide bonds. The van der Waals surface area contributed by atoms with Gasteiger partial charge in [-0.2, -0.15) is 9.78 Å². The van der Waals surface area contributed by atoms with Gasteiger partial charge in [0.15, 0.2) is 11.6 Å². The fourth-order valence-corrected chi connectivity index (χ4v) is 1.39. The average molecular weight is 221 g/mol. The number of hydrogen-bond donors (Lipinski definition) is 1. The molecule has 0 bridgehead atoms. The molecule has 0 saturated carbocycles. The third-order valence-electron chi connectivity index (χ3n) is 2.16. The van der Waals surface area contributed by atoms with Gasteiger partial charge in [0.25, 0.3) is 0 Å². The highest BCUT2D eigenvalue weighted by atomic mass is 15.6. The van der Waals surface area contributed by atoms with Gasteiger partial charge in [-0.05, 0) is 23.4 Å². The van der Waals surface area contributed by atoms with Crippen LogP contribution >= 0.6 is 0 Å². The first-order valence-corrected chi connectivity index (χ1v) is 5.29. The molecule has 2 rings (SSSR count). The number of hydrogen-bond acceptors (Lipinski definition) is 5. The lowest BCUT2D eigenvalue weighted by Gasteiger charge is -2.02. The number of aryl methyl sites for hydroxylation is 1. The largest absolute Gasteiger partial charge is 0.310 e. The fraction of sp³-hybridized carbons (Fsp3) is 0.556. The maximum Gasteiger partial charge on any atom is 0.179 e. The molecule has 0 saturated heterocycles. The van der Waals surface area contributed by atoms with Gasteiger partial charge in [0.1, 0.15) is 0 Å². The summed E-state index contributed by atoms with van der Waals surface area (Å²) in [6.45, 7) is 3.72. The first kappa shape index (κ1) is 10.7. The molecule has 2 heterocycles. The predicted molar refractivity (Wildman–Crippen MR) is 57.9 cm³/mol. The Labute approximate surface area is 93.5 Å². The van der Waals surface area contributed by atoms with Crippen LogP contribution in [0.15, 0.2) is 12.3 Å². The Kier molecular flexibility index (Phi) is 3.25. The van der Waals surface area contributed by atoms with E-state index in [9.17, 15) is 0 Å². The molecule has 0 unspecified atom stereocenters. The van der Waals surface area contributed by atoms with Crippen LogP contribution in [0.4, 0.5) is 0 Å². The van der Waals surface area contributed by atoms with E-state index in [1.165, 1.54) is 0 Å². The lowest BCUT2D eigenvalue weighted by molar-refractivity contribution is 0.624. The standard InChI is InChI=1S/C9H15N7/c1-3-5-10-7-9-11-13-14-16(9)8-4-6-15(2)12-8/h4,6,10H,3,5,7H2,1-2H3. The Morgan fingerprint density at radius 1 is 1.44 bits per heavy atom. The van der Waals surface area contributed by atoms with Gasteiger partial charge in [0.2, 0.25) is 0 Å². The molecule has 7 heteroatoms. The van der Waals surface area contributed by atoms with Crippen molar-refractivity contribution in [3.8, 4) is 5.82 Å². The smallest absolute Gasteiger partial charge is 0.179 e. The molecule has 0 spiro atoms. The Hall–Kier alpha value is -1.76. The van der Waals surface area contributed by atoms with Gasteiger partial charge in [-0.15, -0.1) is 5.10 Å². The van der Waals surface area contributed by atoms with Crippen LogP contribution in [0.5, 0.6) is 0 Å². The van der Waals surface area contributed by atoms with Crippen LogP contribution in [-0.2, 0) is 13.6 Å². The second-order valence-corrected chi connectivity index (χ2v) is 3.53. The van der Waals surface area contributed by atoms with E-state index < -0.39 is 0 Å². The van der Waals surface area contributed by atoms with Gasteiger partial charge in [0.05, 0.1) is 6.54 Å². The SMILES string of the molecule is CCCNCc1nnnn1-c1ccn(C)n1. The number of aromatic nitrogens is 6. The Bertz CT molecular complexity index is 444. The Morgan fingerprint density at radius 3 is 3.00 bits per heavy atom. The van der Waals surface area contributed by atoms with Crippen LogP contribution < -0.4 is 5.32 Å². The average Bonchev–Trinajstić information content (AvgIpc) is 2.87. The Morgan fingerprint density at radius 2 is 2.31 bits per heavy atom. The summed E-state index contributed by atoms with van der Waals surface area (Å²) >= 11 is 0. The first-order valence-electron chi connectivity index (χ1n) is 5.29. The van der Waals surface area contributed by atoms with Crippen LogP contribution in [-0.4, -0.2) is 36.5 Å². The van der Waals surface area contributed by atoms with Crippen LogP contribution in [0, 0.1) is 0 Å². The van der Waals surface area contributed by atoms with Crippen molar-refractivity contribution >= 4 is 0 Å². The van der Waals surface area contributed by atoms with Gasteiger partial charge in [-0.3, -0.25) is 4.68 Å². The summed E-state index contributed by atoms with van der Waals surface area (Å²) in [7, 11) is 1.86. The van der Waals surface area contributed by atoms with E-state index in [0.717, 1.165) is 24.6 Å². The van der Waals surface area contributed by atoms with E-state index in [2.05, 4.69) is 32.9 Å². The molecule has 0 aliphatic rings. The van der Waals surface area contributed by atoms with Crippen LogP contribution in [0.2, 0.25) is 0 Å². The lowest BCUT2D eigenvalue weighted by atomic mass is 10.4. The normalized spacial score (nSPS) is 10.9. The second kappa shape index (κ2) is 4.84. The second-order valence-electron chi connectivity index (χ2n) is 3.53. The molecule has 2 aromatic rings. The van der Waals surface area contributed by atoms with Crippen molar-refractivity contribution in [2.75, 3.05) is 6.54 Å². The van der Waals surface area contributed by atoms with Crippen LogP contribution in [0.25, 0.3) is 5.82 Å². The quantitative estimate of drug-likeness (QED) is 0.713. The van der Waals surface area contributed by atoms with Gasteiger partial charge in [-0.1, -0.05) is 6.92 Å². The minimum atomic E-state index is 0.650. The van der Waals surface area contributed by atoms with E-state index in [-0.39, 0.29) is 0 Å². The molecular formula is C9H15N7. The maximum absolute atomic E-state index is 4.25. The zero-order valence-corrected chi connectivity index (χ0v) is 9.46. The van der Waals surface area contributed by atoms with Gasteiger partial charge >= 0.3 is 0 Å². The van der Waals surface area contributed by atoms with Crippen LogP contribution in [0.3, 0.4) is 0 Å². The fourth-order valence-electron chi connectivity index (χ4n) is 1.39. The summed E-state index contributed by atoms with van der Waals surface area (Å²) in [5, 5.41) is 19.1. The molecule has 2 aromatic heterocycles. The van der Waals surface area contributed by atoms with E-state index in [4.69, 9.17) is 0 Å². The summed E-state index contributed by atoms with van der Waals surface area (Å²) in [4.78, 5) is 0. The Balaban J connectivity index is 2.12. The molecule has 16 heavy (non-hydrogen) atoms. The van der Waals surface area contributed by atoms with Crippen molar-refractivity contribution in [2.45, 2.75) is 19.9 Å². The molecule has 1 N–H and O–H groups in total. The topological polar surface area (TPSA) is 73.5 Å². The monoisotopic (exact) mass is 221 g/mol. The molecule has 0 aliphatic carbocycles. The molecule has 0 fully saturated rings. The highest BCUT2D eigenvalue weighted by molar-refractivity contribution is 5.18. The van der Waals surface area contributed by atoms with Crippen molar-refractivity contribution in [1.29, 1.82) is 0 Å². The summed E-state index contributed by atoms with van der Waals surface area (Å²) in [6.07, 6.45) is 2.95. The lowest BCUT2D eigenvalue weighted by Crippen LogP contribution is -2.17. The highest BCUT2D eigenvalue weighted by Crippen LogP contribution is 2.03. The zero-order chi connectivity index (χ0) is 11.4. The highest BCUT2D eigenvalue weighted by Gasteiger charge is 2.09. The van der Waals surface area contributed by atoms with Crippen molar-refractivity contribution in [1.82, 2.24) is 35.3 Å². The van der Waals surface area contributed by atoms with Crippen molar-refractivity contribution in [3.63, 3.8) is 0 Å². The van der Waals surface area contributed by atoms with Crippen molar-refractivity contribution < 1.29 is 0 Å². The van der Waals surface area contributed by atoms with Crippen LogP contribution in [0.1, 0.15) is 19.2 Å². The minimum Gasteiger partial charge on any atom is -0.310 e. The van der Waals surface area contributed by atoms with E-state index >= 15 is 0 Å². The maximum atomic E-state index is 4.25. The molecule has 0 aliphatic heterocycles. The molecule has 0 aromatic carbocycles. The van der Waals surface area contributed by atoms with Crippen molar-refractivity contribution in [2.24, 2.45) is 7.05 Å². The van der Waals surface area contributed by atoms with E-state index in [0.29, 0.717) is 6.54 Å². The summed E-state index contributed by atoms with van der Waals surface area (Å²) in [6, 6.07) is 1.87. The zero-order valence-electron chi connectivity index (χ0n) is 9.46. The third-order valence-corrected chi connectivity index (χ3v) is 2.16. The number of nitrogens with zero attached hydrogens (tertiary/aromatic N) is 6. The van der Waals surface area contributed by atoms with Gasteiger partial charge < -0.3 is 5.32 Å². The predicted octanol–water partition coefficient (Wildman–Crippen LogP) is -0.105. The number of rotatable bonds is 5. The summed E-state index contributed by atoms with van der Waals surface area (Å²) < 4.78 is 3.36. The van der Waals surface area contributed by atoms with E-state index in [1.54, 1.807) is 9.36 Å². The molecule has 86 valence electrons. The number of tetrazole rings is 1. The molecular weight excluding hydrogens is 206 g/mol. The third kappa shape index (κ3) is 2.25. The molecule has 0 atom stereocenters. The number of nitrogens with one attached hydrogen (secondary N) is 1. The summed E-state index contributed by atoms with van der Waals surface area (Å²) in [5.74, 6) is 1.51. The first-order chi connectivity index (χ1) is 7.81. The molecule has 0 radical (unpaired) electrons. The summed E-state index contributed by atoms with van der Waals surface area (Å²) in [5.41, 5.74) is 0. The van der Waals surface area contributed by atoms with Gasteiger partial charge in [0, 0.05) is 19.3 Å². The van der Waals surface area contributed by atoms with E-state index in [1.807, 2.05) is 19.3 Å². The molecule has 7 nitrogen and oxygen atoms in total. The van der Waals surface area contributed by atoms with Crippen molar-refractivity contribution in [3.05, 3.63) is 18.1 Å².